The number of amides is 2. The molecule has 104 valence electrons. The van der Waals surface area contributed by atoms with Gasteiger partial charge in [-0.05, 0) is 12.8 Å². The summed E-state index contributed by atoms with van der Waals surface area (Å²) < 4.78 is 36.5. The monoisotopic (exact) mass is 268 g/mol. The van der Waals surface area contributed by atoms with E-state index in [0.29, 0.717) is 17.7 Å². The molecule has 1 rings (SSSR count). The minimum absolute atomic E-state index is 0.0545. The van der Waals surface area contributed by atoms with Gasteiger partial charge < -0.3 is 14.9 Å². The third-order valence-electron chi connectivity index (χ3n) is 2.54. The molecular formula is C10H15F3N2O3. The van der Waals surface area contributed by atoms with E-state index in [1.165, 1.54) is 4.90 Å². The van der Waals surface area contributed by atoms with Crippen LogP contribution in [0.3, 0.4) is 0 Å². The van der Waals surface area contributed by atoms with Crippen LogP contribution in [0.5, 0.6) is 0 Å². The molecule has 0 aromatic rings. The Labute approximate surface area is 102 Å². The Morgan fingerprint density at radius 3 is 2.28 bits per heavy atom. The SMILES string of the molecule is CN(CC(F)(F)F)C(=O)N(CCC(=O)O)C1CC1. The lowest BCUT2D eigenvalue weighted by atomic mass is 10.3. The van der Waals surface area contributed by atoms with Crippen molar-refractivity contribution >= 4 is 12.0 Å². The molecule has 0 unspecified atom stereocenters. The van der Waals surface area contributed by atoms with E-state index < -0.39 is 24.7 Å². The summed E-state index contributed by atoms with van der Waals surface area (Å²) in [4.78, 5) is 24.0. The van der Waals surface area contributed by atoms with Gasteiger partial charge in [0, 0.05) is 19.6 Å². The molecule has 0 atom stereocenters. The number of carboxylic acids is 1. The Morgan fingerprint density at radius 1 is 1.33 bits per heavy atom. The van der Waals surface area contributed by atoms with Crippen LogP contribution in [0.1, 0.15) is 19.3 Å². The number of nitrogens with zero attached hydrogens (tertiary/aromatic N) is 2. The first-order valence-corrected chi connectivity index (χ1v) is 5.51. The van der Waals surface area contributed by atoms with E-state index >= 15 is 0 Å². The van der Waals surface area contributed by atoms with E-state index in [1.807, 2.05) is 0 Å². The predicted octanol–water partition coefficient (Wildman–Crippen LogP) is 1.54. The van der Waals surface area contributed by atoms with Gasteiger partial charge in [0.15, 0.2) is 0 Å². The van der Waals surface area contributed by atoms with E-state index in [-0.39, 0.29) is 19.0 Å². The fourth-order valence-electron chi connectivity index (χ4n) is 1.59. The molecule has 0 aliphatic heterocycles. The van der Waals surface area contributed by atoms with Crippen LogP contribution in [0, 0.1) is 0 Å². The van der Waals surface area contributed by atoms with Crippen molar-refractivity contribution in [3.63, 3.8) is 0 Å². The molecule has 0 bridgehead atoms. The van der Waals surface area contributed by atoms with Gasteiger partial charge in [-0.15, -0.1) is 0 Å². The van der Waals surface area contributed by atoms with Crippen LogP contribution in [0.2, 0.25) is 0 Å². The summed E-state index contributed by atoms with van der Waals surface area (Å²) in [6.07, 6.45) is -3.29. The summed E-state index contributed by atoms with van der Waals surface area (Å²) in [6.45, 7) is -1.39. The number of carboxylic acid groups (broad SMARTS) is 1. The normalized spacial score (nSPS) is 15.3. The Kier molecular flexibility index (Phi) is 4.42. The van der Waals surface area contributed by atoms with Gasteiger partial charge in [0.2, 0.25) is 0 Å². The molecule has 0 aromatic carbocycles. The van der Waals surface area contributed by atoms with Crippen LogP contribution in [0.4, 0.5) is 18.0 Å². The molecule has 18 heavy (non-hydrogen) atoms. The zero-order valence-electron chi connectivity index (χ0n) is 9.90. The number of hydrogen-bond acceptors (Lipinski definition) is 2. The van der Waals surface area contributed by atoms with Crippen LogP contribution >= 0.6 is 0 Å². The highest BCUT2D eigenvalue weighted by atomic mass is 19.4. The lowest BCUT2D eigenvalue weighted by Gasteiger charge is -2.28. The molecule has 2 amide bonds. The summed E-state index contributed by atoms with van der Waals surface area (Å²) in [6, 6.07) is -0.886. The number of carbonyl (C=O) groups is 2. The van der Waals surface area contributed by atoms with Gasteiger partial charge in [-0.2, -0.15) is 13.2 Å². The standard InChI is InChI=1S/C10H15F3N2O3/c1-14(6-10(11,12)13)9(18)15(7-2-3-7)5-4-8(16)17/h7H,2-6H2,1H3,(H,16,17). The third-order valence-corrected chi connectivity index (χ3v) is 2.54. The maximum atomic E-state index is 12.2. The van der Waals surface area contributed by atoms with Crippen molar-refractivity contribution in [1.29, 1.82) is 0 Å². The molecule has 0 spiro atoms. The van der Waals surface area contributed by atoms with Crippen LogP contribution in [-0.4, -0.2) is 59.3 Å². The zero-order chi connectivity index (χ0) is 13.9. The summed E-state index contributed by atoms with van der Waals surface area (Å²) >= 11 is 0. The van der Waals surface area contributed by atoms with Gasteiger partial charge in [-0.25, -0.2) is 4.79 Å². The first kappa shape index (κ1) is 14.6. The largest absolute Gasteiger partial charge is 0.481 e. The summed E-state index contributed by atoms with van der Waals surface area (Å²) in [5.41, 5.74) is 0. The third kappa shape index (κ3) is 4.80. The molecule has 0 aromatic heterocycles. The second-order valence-electron chi connectivity index (χ2n) is 4.32. The molecule has 1 aliphatic rings. The van der Waals surface area contributed by atoms with E-state index in [0.717, 1.165) is 7.05 Å². The summed E-state index contributed by atoms with van der Waals surface area (Å²) in [7, 11) is 1.06. The Hall–Kier alpha value is -1.47. The summed E-state index contributed by atoms with van der Waals surface area (Å²) in [5.74, 6) is -1.08. The van der Waals surface area contributed by atoms with Crippen molar-refractivity contribution in [1.82, 2.24) is 9.80 Å². The predicted molar refractivity (Wildman–Crippen MR) is 56.1 cm³/mol. The molecule has 0 radical (unpaired) electrons. The van der Waals surface area contributed by atoms with Crippen LogP contribution in [0.25, 0.3) is 0 Å². The number of carbonyl (C=O) groups excluding carboxylic acids is 1. The zero-order valence-corrected chi connectivity index (χ0v) is 9.90. The fourth-order valence-corrected chi connectivity index (χ4v) is 1.59. The second kappa shape index (κ2) is 5.45. The number of aliphatic carboxylic acids is 1. The van der Waals surface area contributed by atoms with Crippen LogP contribution in [0.15, 0.2) is 0 Å². The minimum atomic E-state index is -4.45. The molecule has 8 heteroatoms. The quantitative estimate of drug-likeness (QED) is 0.822. The first-order chi connectivity index (χ1) is 8.20. The first-order valence-electron chi connectivity index (χ1n) is 5.51. The van der Waals surface area contributed by atoms with Gasteiger partial charge >= 0.3 is 18.2 Å². The number of alkyl halides is 3. The lowest BCUT2D eigenvalue weighted by molar-refractivity contribution is -0.140. The molecular weight excluding hydrogens is 253 g/mol. The van der Waals surface area contributed by atoms with Gasteiger partial charge in [-0.1, -0.05) is 0 Å². The molecule has 1 aliphatic carbocycles. The van der Waals surface area contributed by atoms with Gasteiger partial charge in [0.25, 0.3) is 0 Å². The van der Waals surface area contributed by atoms with E-state index in [2.05, 4.69) is 0 Å². The number of hydrogen-bond donors (Lipinski definition) is 1. The Bertz CT molecular complexity index is 329. The molecule has 1 N–H and O–H groups in total. The Balaban J connectivity index is 2.56. The number of rotatable bonds is 5. The molecule has 5 nitrogen and oxygen atoms in total. The second-order valence-corrected chi connectivity index (χ2v) is 4.32. The number of urea groups is 1. The molecule has 0 heterocycles. The summed E-state index contributed by atoms with van der Waals surface area (Å²) in [5, 5.41) is 8.54. The van der Waals surface area contributed by atoms with Gasteiger partial charge in [0.1, 0.15) is 6.54 Å². The van der Waals surface area contributed by atoms with Crippen molar-refractivity contribution in [2.45, 2.75) is 31.5 Å². The fraction of sp³-hybridized carbons (Fsp3) is 0.800. The highest BCUT2D eigenvalue weighted by Gasteiger charge is 2.37. The van der Waals surface area contributed by atoms with Crippen LogP contribution in [-0.2, 0) is 4.79 Å². The molecule has 1 saturated carbocycles. The van der Waals surface area contributed by atoms with Gasteiger partial charge in [-0.3, -0.25) is 4.79 Å². The van der Waals surface area contributed by atoms with Crippen molar-refractivity contribution in [3.05, 3.63) is 0 Å². The molecule has 1 fully saturated rings. The maximum Gasteiger partial charge on any atom is 0.406 e. The Morgan fingerprint density at radius 2 is 1.89 bits per heavy atom. The highest BCUT2D eigenvalue weighted by Crippen LogP contribution is 2.28. The van der Waals surface area contributed by atoms with E-state index in [4.69, 9.17) is 5.11 Å². The van der Waals surface area contributed by atoms with Crippen molar-refractivity contribution in [3.8, 4) is 0 Å². The smallest absolute Gasteiger partial charge is 0.406 e. The highest BCUT2D eigenvalue weighted by molar-refractivity contribution is 5.76. The van der Waals surface area contributed by atoms with E-state index in [1.54, 1.807) is 0 Å². The van der Waals surface area contributed by atoms with Crippen molar-refractivity contribution in [2.75, 3.05) is 20.1 Å². The van der Waals surface area contributed by atoms with Crippen LogP contribution < -0.4 is 0 Å². The average Bonchev–Trinajstić information content (AvgIpc) is 2.98. The van der Waals surface area contributed by atoms with Crippen molar-refractivity contribution in [2.24, 2.45) is 0 Å². The average molecular weight is 268 g/mol. The topological polar surface area (TPSA) is 60.9 Å². The maximum absolute atomic E-state index is 12.2. The van der Waals surface area contributed by atoms with E-state index in [9.17, 15) is 22.8 Å². The number of halogens is 3. The molecule has 0 saturated heterocycles. The minimum Gasteiger partial charge on any atom is -0.481 e. The van der Waals surface area contributed by atoms with Crippen molar-refractivity contribution < 1.29 is 27.9 Å². The lowest BCUT2D eigenvalue weighted by Crippen LogP contribution is -2.46. The van der Waals surface area contributed by atoms with Gasteiger partial charge in [0.05, 0.1) is 6.42 Å².